The number of nitrogens with zero attached hydrogens (tertiary/aromatic N) is 1. The summed E-state index contributed by atoms with van der Waals surface area (Å²) in [5, 5.41) is 0. The van der Waals surface area contributed by atoms with Gasteiger partial charge in [-0.05, 0) is 37.4 Å². The molecule has 0 bridgehead atoms. The monoisotopic (exact) mass is 361 g/mol. The summed E-state index contributed by atoms with van der Waals surface area (Å²) < 4.78 is 12.0. The molecule has 0 aliphatic heterocycles. The molecule has 1 fully saturated rings. The van der Waals surface area contributed by atoms with Crippen molar-refractivity contribution < 1.29 is 14.3 Å². The highest BCUT2D eigenvalue weighted by Crippen LogP contribution is 2.31. The number of carbonyl (C=O) groups is 1. The van der Waals surface area contributed by atoms with Gasteiger partial charge in [-0.3, -0.25) is 9.69 Å². The summed E-state index contributed by atoms with van der Waals surface area (Å²) in [5.74, 6) is 0.263. The Bertz CT molecular complexity index is 509. The van der Waals surface area contributed by atoms with E-state index in [1.807, 2.05) is 18.2 Å². The molecule has 1 aromatic carbocycles. The largest absolute Gasteiger partial charge is 0.460 e. The molecular formula is C22H35NO3. The maximum absolute atomic E-state index is 11.8. The average molecular weight is 362 g/mol. The van der Waals surface area contributed by atoms with Gasteiger partial charge >= 0.3 is 5.97 Å². The summed E-state index contributed by atoms with van der Waals surface area (Å²) in [6.07, 6.45) is 5.98. The third-order valence-electron chi connectivity index (χ3n) is 5.48. The van der Waals surface area contributed by atoms with Crippen LogP contribution in [-0.4, -0.2) is 42.7 Å². The minimum Gasteiger partial charge on any atom is -0.460 e. The lowest BCUT2D eigenvalue weighted by molar-refractivity contribution is -0.157. The van der Waals surface area contributed by atoms with Crippen molar-refractivity contribution in [3.63, 3.8) is 0 Å². The van der Waals surface area contributed by atoms with Gasteiger partial charge in [0.05, 0.1) is 19.3 Å². The van der Waals surface area contributed by atoms with Crippen molar-refractivity contribution in [3.05, 3.63) is 35.9 Å². The number of ether oxygens (including phenoxy) is 2. The second-order valence-corrected chi connectivity index (χ2v) is 7.26. The zero-order chi connectivity index (χ0) is 18.8. The van der Waals surface area contributed by atoms with E-state index >= 15 is 0 Å². The summed E-state index contributed by atoms with van der Waals surface area (Å²) in [5.41, 5.74) is 1.17. The van der Waals surface area contributed by atoms with Gasteiger partial charge in [-0.15, -0.1) is 0 Å². The standard InChI is InChI=1S/C22H35NO3/c1-4-23(5-2)21(17-25-16-19-12-8-6-9-13-19)22(26-18(3)24)20-14-10-7-11-15-20/h6,8-9,12-13,20-22H,4-5,7,10-11,14-17H2,1-3H3/t21-,22+/m0/s1. The topological polar surface area (TPSA) is 38.8 Å². The molecule has 26 heavy (non-hydrogen) atoms. The molecule has 0 aromatic heterocycles. The van der Waals surface area contributed by atoms with E-state index in [9.17, 15) is 4.79 Å². The van der Waals surface area contributed by atoms with Gasteiger partial charge in [0.15, 0.2) is 0 Å². The molecule has 0 unspecified atom stereocenters. The van der Waals surface area contributed by atoms with Gasteiger partial charge in [0.25, 0.3) is 0 Å². The third-order valence-corrected chi connectivity index (χ3v) is 5.48. The number of benzene rings is 1. The molecule has 0 spiro atoms. The summed E-state index contributed by atoms with van der Waals surface area (Å²) >= 11 is 0. The van der Waals surface area contributed by atoms with E-state index in [1.54, 1.807) is 0 Å². The van der Waals surface area contributed by atoms with Crippen LogP contribution in [-0.2, 0) is 20.9 Å². The van der Waals surface area contributed by atoms with Gasteiger partial charge in [-0.1, -0.05) is 63.4 Å². The molecule has 2 atom stereocenters. The van der Waals surface area contributed by atoms with Crippen LogP contribution < -0.4 is 0 Å². The number of hydrogen-bond donors (Lipinski definition) is 0. The lowest BCUT2D eigenvalue weighted by atomic mass is 9.82. The molecule has 1 saturated carbocycles. The molecule has 0 heterocycles. The molecule has 0 N–H and O–H groups in total. The summed E-state index contributed by atoms with van der Waals surface area (Å²) in [4.78, 5) is 14.2. The zero-order valence-corrected chi connectivity index (χ0v) is 16.7. The van der Waals surface area contributed by atoms with Crippen LogP contribution in [0, 0.1) is 5.92 Å². The van der Waals surface area contributed by atoms with Crippen molar-refractivity contribution in [3.8, 4) is 0 Å². The molecule has 0 saturated heterocycles. The van der Waals surface area contributed by atoms with Crippen LogP contribution in [0.2, 0.25) is 0 Å². The second kappa shape index (κ2) is 11.3. The Morgan fingerprint density at radius 3 is 2.35 bits per heavy atom. The van der Waals surface area contributed by atoms with Crippen molar-refractivity contribution in [1.29, 1.82) is 0 Å². The molecule has 2 rings (SSSR count). The fraction of sp³-hybridized carbons (Fsp3) is 0.682. The highest BCUT2D eigenvalue weighted by atomic mass is 16.5. The van der Waals surface area contributed by atoms with Crippen molar-refractivity contribution in [2.24, 2.45) is 5.92 Å². The molecule has 0 amide bonds. The molecule has 146 valence electrons. The van der Waals surface area contributed by atoms with E-state index in [4.69, 9.17) is 9.47 Å². The summed E-state index contributed by atoms with van der Waals surface area (Å²) in [7, 11) is 0. The molecule has 1 aliphatic rings. The summed E-state index contributed by atoms with van der Waals surface area (Å²) in [6.45, 7) is 8.90. The smallest absolute Gasteiger partial charge is 0.302 e. The molecular weight excluding hydrogens is 326 g/mol. The van der Waals surface area contributed by atoms with Gasteiger partial charge in [-0.25, -0.2) is 0 Å². The minimum atomic E-state index is -0.180. The molecule has 4 heteroatoms. The Balaban J connectivity index is 2.08. The SMILES string of the molecule is CCN(CC)[C@@H](COCc1ccccc1)[C@H](OC(C)=O)C1CCCCC1. The van der Waals surface area contributed by atoms with Crippen molar-refractivity contribution in [2.45, 2.75) is 71.6 Å². The molecule has 4 nitrogen and oxygen atoms in total. The van der Waals surface area contributed by atoms with E-state index in [0.29, 0.717) is 19.1 Å². The van der Waals surface area contributed by atoms with Gasteiger partial charge in [0.1, 0.15) is 6.10 Å². The molecule has 0 radical (unpaired) electrons. The van der Waals surface area contributed by atoms with E-state index in [-0.39, 0.29) is 18.1 Å². The average Bonchev–Trinajstić information content (AvgIpc) is 2.67. The van der Waals surface area contributed by atoms with Gasteiger partial charge < -0.3 is 9.47 Å². The van der Waals surface area contributed by atoms with E-state index in [1.165, 1.54) is 31.7 Å². The molecule has 1 aromatic rings. The highest BCUT2D eigenvalue weighted by Gasteiger charge is 2.35. The normalized spacial score (nSPS) is 17.8. The number of rotatable bonds is 10. The van der Waals surface area contributed by atoms with Crippen LogP contribution in [0.15, 0.2) is 30.3 Å². The Morgan fingerprint density at radius 1 is 1.12 bits per heavy atom. The van der Waals surface area contributed by atoms with Crippen molar-refractivity contribution >= 4 is 5.97 Å². The molecule has 1 aliphatic carbocycles. The Hall–Kier alpha value is -1.39. The van der Waals surface area contributed by atoms with Gasteiger partial charge in [0.2, 0.25) is 0 Å². The Morgan fingerprint density at radius 2 is 1.77 bits per heavy atom. The Kier molecular flexibility index (Phi) is 9.13. The number of likely N-dealkylation sites (N-methyl/N-ethyl adjacent to an activating group) is 1. The van der Waals surface area contributed by atoms with Crippen LogP contribution in [0.1, 0.15) is 58.4 Å². The lowest BCUT2D eigenvalue weighted by Gasteiger charge is -2.40. The van der Waals surface area contributed by atoms with Gasteiger partial charge in [-0.2, -0.15) is 0 Å². The van der Waals surface area contributed by atoms with Crippen LogP contribution in [0.4, 0.5) is 0 Å². The summed E-state index contributed by atoms with van der Waals surface area (Å²) in [6, 6.07) is 10.4. The van der Waals surface area contributed by atoms with Gasteiger partial charge in [0, 0.05) is 6.92 Å². The lowest BCUT2D eigenvalue weighted by Crippen LogP contribution is -2.51. The maximum atomic E-state index is 11.8. The zero-order valence-electron chi connectivity index (χ0n) is 16.7. The van der Waals surface area contributed by atoms with Crippen LogP contribution >= 0.6 is 0 Å². The second-order valence-electron chi connectivity index (χ2n) is 7.26. The first-order valence-corrected chi connectivity index (χ1v) is 10.2. The van der Waals surface area contributed by atoms with Crippen molar-refractivity contribution in [1.82, 2.24) is 4.90 Å². The van der Waals surface area contributed by atoms with Crippen LogP contribution in [0.3, 0.4) is 0 Å². The highest BCUT2D eigenvalue weighted by molar-refractivity contribution is 5.66. The Labute approximate surface area is 158 Å². The van der Waals surface area contributed by atoms with Crippen molar-refractivity contribution in [2.75, 3.05) is 19.7 Å². The van der Waals surface area contributed by atoms with Crippen LogP contribution in [0.5, 0.6) is 0 Å². The minimum absolute atomic E-state index is 0.0801. The number of carbonyl (C=O) groups excluding carboxylic acids is 1. The fourth-order valence-corrected chi connectivity index (χ4v) is 4.12. The van der Waals surface area contributed by atoms with E-state index in [0.717, 1.165) is 25.9 Å². The quantitative estimate of drug-likeness (QED) is 0.578. The van der Waals surface area contributed by atoms with Crippen LogP contribution in [0.25, 0.3) is 0 Å². The number of esters is 1. The first-order chi connectivity index (χ1) is 12.7. The number of hydrogen-bond acceptors (Lipinski definition) is 4. The van der Waals surface area contributed by atoms with E-state index < -0.39 is 0 Å². The fourth-order valence-electron chi connectivity index (χ4n) is 4.12. The maximum Gasteiger partial charge on any atom is 0.302 e. The third kappa shape index (κ3) is 6.40. The first kappa shape index (κ1) is 20.9. The predicted octanol–water partition coefficient (Wildman–Crippen LogP) is 4.43. The first-order valence-electron chi connectivity index (χ1n) is 10.2. The predicted molar refractivity (Wildman–Crippen MR) is 105 cm³/mol. The van der Waals surface area contributed by atoms with E-state index in [2.05, 4.69) is 30.9 Å².